The van der Waals surface area contributed by atoms with Gasteiger partial charge in [-0.3, -0.25) is 0 Å². The Morgan fingerprint density at radius 1 is 0.864 bits per heavy atom. The number of hydrogen-bond donors (Lipinski definition) is 0. The van der Waals surface area contributed by atoms with Gasteiger partial charge in [0.1, 0.15) is 0 Å². The number of fused-ring (bicyclic) bond motifs is 3. The third-order valence-corrected chi connectivity index (χ3v) is 8.73. The lowest BCUT2D eigenvalue weighted by molar-refractivity contribution is 0.000599. The van der Waals surface area contributed by atoms with Gasteiger partial charge >= 0.3 is 0 Å². The molecule has 4 aliphatic carbocycles. The third-order valence-electron chi connectivity index (χ3n) is 8.73. The van der Waals surface area contributed by atoms with Gasteiger partial charge in [0, 0.05) is 0 Å². The monoisotopic (exact) mass is 300 g/mol. The highest BCUT2D eigenvalue weighted by Crippen LogP contribution is 2.61. The lowest BCUT2D eigenvalue weighted by Crippen LogP contribution is -2.46. The summed E-state index contributed by atoms with van der Waals surface area (Å²) in [5.41, 5.74) is 1.71. The topological polar surface area (TPSA) is 0 Å². The summed E-state index contributed by atoms with van der Waals surface area (Å²) < 4.78 is 0. The van der Waals surface area contributed by atoms with E-state index in [-0.39, 0.29) is 0 Å². The average molecular weight is 301 g/mol. The highest BCUT2D eigenvalue weighted by Gasteiger charge is 2.53. The van der Waals surface area contributed by atoms with Gasteiger partial charge in [-0.15, -0.1) is 0 Å². The molecule has 0 heterocycles. The van der Waals surface area contributed by atoms with Crippen LogP contribution in [0.15, 0.2) is 12.2 Å². The molecule has 0 N–H and O–H groups in total. The first-order chi connectivity index (χ1) is 10.6. The zero-order valence-electron chi connectivity index (χ0n) is 15.1. The van der Waals surface area contributed by atoms with Crippen molar-refractivity contribution in [1.29, 1.82) is 0 Å². The summed E-state index contributed by atoms with van der Waals surface area (Å²) in [4.78, 5) is 0. The minimum absolute atomic E-state index is 0.869. The van der Waals surface area contributed by atoms with Gasteiger partial charge < -0.3 is 0 Å². The van der Waals surface area contributed by atoms with Gasteiger partial charge in [-0.25, -0.2) is 0 Å². The normalized spacial score (nSPS) is 54.5. The van der Waals surface area contributed by atoms with Crippen molar-refractivity contribution in [3.05, 3.63) is 12.2 Å². The first-order valence-electron chi connectivity index (χ1n) is 10.3. The van der Waals surface area contributed by atoms with Gasteiger partial charge in [0.15, 0.2) is 0 Å². The SMILES string of the molecule is C=C1C2C(CC(CC)C2C)CC2C[C@@H]3CCCC[C@@H]3[C@H](C)C12. The molecule has 0 radical (unpaired) electrons. The number of rotatable bonds is 1. The minimum atomic E-state index is 0.869. The highest BCUT2D eigenvalue weighted by atomic mass is 14.6. The molecule has 0 heteroatoms. The molecule has 4 fully saturated rings. The quantitative estimate of drug-likeness (QED) is 0.497. The predicted molar refractivity (Wildman–Crippen MR) is 94.5 cm³/mol. The van der Waals surface area contributed by atoms with Crippen LogP contribution in [-0.2, 0) is 0 Å². The Morgan fingerprint density at radius 3 is 2.27 bits per heavy atom. The first kappa shape index (κ1) is 15.3. The van der Waals surface area contributed by atoms with Crippen molar-refractivity contribution in [3.63, 3.8) is 0 Å². The molecule has 0 aromatic rings. The zero-order chi connectivity index (χ0) is 15.4. The van der Waals surface area contributed by atoms with Gasteiger partial charge in [0.2, 0.25) is 0 Å². The molecular weight excluding hydrogens is 264 g/mol. The van der Waals surface area contributed by atoms with Crippen LogP contribution >= 0.6 is 0 Å². The van der Waals surface area contributed by atoms with Crippen LogP contribution in [0, 0.1) is 53.3 Å². The van der Waals surface area contributed by atoms with E-state index in [0.29, 0.717) is 0 Å². The largest absolute Gasteiger partial charge is 0.0993 e. The Hall–Kier alpha value is -0.260. The van der Waals surface area contributed by atoms with Crippen molar-refractivity contribution >= 4 is 0 Å². The van der Waals surface area contributed by atoms with E-state index in [1.165, 1.54) is 38.5 Å². The lowest BCUT2D eigenvalue weighted by Gasteiger charge is -2.54. The van der Waals surface area contributed by atoms with Crippen LogP contribution in [-0.4, -0.2) is 0 Å². The van der Waals surface area contributed by atoms with Gasteiger partial charge in [-0.2, -0.15) is 0 Å². The molecule has 4 saturated carbocycles. The fourth-order valence-corrected chi connectivity index (χ4v) is 7.84. The van der Waals surface area contributed by atoms with Crippen LogP contribution in [0.1, 0.15) is 72.1 Å². The summed E-state index contributed by atoms with van der Waals surface area (Å²) in [5.74, 6) is 8.62. The Morgan fingerprint density at radius 2 is 1.50 bits per heavy atom. The van der Waals surface area contributed by atoms with E-state index in [4.69, 9.17) is 6.58 Å². The van der Waals surface area contributed by atoms with E-state index in [1.807, 2.05) is 0 Å². The standard InChI is InChI=1S/C22H36/c1-5-16-10-18-12-19-11-17-8-6-7-9-20(17)14(3)22(19)15(4)21(18)13(16)2/h13-14,16-22H,4-12H2,1-3H3/t13?,14-,16?,17-,18?,19?,20+,21?,22?/m0/s1. The van der Waals surface area contributed by atoms with Crippen LogP contribution in [0.5, 0.6) is 0 Å². The molecular formula is C22H36. The van der Waals surface area contributed by atoms with E-state index < -0.39 is 0 Å². The Kier molecular flexibility index (Phi) is 3.94. The van der Waals surface area contributed by atoms with Crippen molar-refractivity contribution in [2.24, 2.45) is 53.3 Å². The molecule has 4 aliphatic rings. The van der Waals surface area contributed by atoms with Crippen LogP contribution in [0.3, 0.4) is 0 Å². The van der Waals surface area contributed by atoms with Crippen molar-refractivity contribution < 1.29 is 0 Å². The fraction of sp³-hybridized carbons (Fsp3) is 0.909. The maximum absolute atomic E-state index is 4.75. The molecule has 124 valence electrons. The van der Waals surface area contributed by atoms with E-state index >= 15 is 0 Å². The van der Waals surface area contributed by atoms with E-state index in [1.54, 1.807) is 18.4 Å². The van der Waals surface area contributed by atoms with E-state index in [0.717, 1.165) is 53.3 Å². The molecule has 0 aliphatic heterocycles. The van der Waals surface area contributed by atoms with Gasteiger partial charge in [0.25, 0.3) is 0 Å². The fourth-order valence-electron chi connectivity index (χ4n) is 7.84. The Labute approximate surface area is 138 Å². The van der Waals surface area contributed by atoms with Crippen molar-refractivity contribution in [3.8, 4) is 0 Å². The lowest BCUT2D eigenvalue weighted by atomic mass is 9.51. The summed E-state index contributed by atoms with van der Waals surface area (Å²) in [6.07, 6.45) is 12.0. The molecule has 0 aromatic carbocycles. The predicted octanol–water partition coefficient (Wildman–Crippen LogP) is 6.32. The van der Waals surface area contributed by atoms with E-state index in [2.05, 4.69) is 20.8 Å². The van der Waals surface area contributed by atoms with Crippen LogP contribution < -0.4 is 0 Å². The smallest absolute Gasteiger partial charge is 0.0146 e. The van der Waals surface area contributed by atoms with Gasteiger partial charge in [0.05, 0.1) is 0 Å². The van der Waals surface area contributed by atoms with Crippen LogP contribution in [0.2, 0.25) is 0 Å². The molecule has 9 atom stereocenters. The molecule has 22 heavy (non-hydrogen) atoms. The van der Waals surface area contributed by atoms with Gasteiger partial charge in [-0.05, 0) is 78.9 Å². The minimum Gasteiger partial charge on any atom is -0.0993 e. The second kappa shape index (κ2) is 5.67. The molecule has 0 amide bonds. The summed E-state index contributed by atoms with van der Waals surface area (Å²) in [7, 11) is 0. The molecule has 0 saturated heterocycles. The van der Waals surface area contributed by atoms with Gasteiger partial charge in [-0.1, -0.05) is 58.6 Å². The van der Waals surface area contributed by atoms with Crippen LogP contribution in [0.25, 0.3) is 0 Å². The summed E-state index contributed by atoms with van der Waals surface area (Å²) in [6.45, 7) is 12.3. The summed E-state index contributed by atoms with van der Waals surface area (Å²) in [5, 5.41) is 0. The van der Waals surface area contributed by atoms with E-state index in [9.17, 15) is 0 Å². The highest BCUT2D eigenvalue weighted by molar-refractivity contribution is 5.20. The molecule has 0 nitrogen and oxygen atoms in total. The van der Waals surface area contributed by atoms with Crippen molar-refractivity contribution in [2.45, 2.75) is 72.1 Å². The molecule has 0 aromatic heterocycles. The average Bonchev–Trinajstić information content (AvgIpc) is 2.83. The number of allylic oxidation sites excluding steroid dienone is 1. The third kappa shape index (κ3) is 2.15. The molecule has 0 bridgehead atoms. The number of hydrogen-bond acceptors (Lipinski definition) is 0. The van der Waals surface area contributed by atoms with Crippen molar-refractivity contribution in [1.82, 2.24) is 0 Å². The molecule has 0 spiro atoms. The Bertz CT molecular complexity index is 435. The molecule has 4 rings (SSSR count). The second-order valence-electron chi connectivity index (χ2n) is 9.45. The second-order valence-corrected chi connectivity index (χ2v) is 9.45. The zero-order valence-corrected chi connectivity index (χ0v) is 15.1. The summed E-state index contributed by atoms with van der Waals surface area (Å²) in [6, 6.07) is 0. The Balaban J connectivity index is 1.60. The maximum Gasteiger partial charge on any atom is -0.0146 e. The van der Waals surface area contributed by atoms with Crippen molar-refractivity contribution in [2.75, 3.05) is 0 Å². The maximum atomic E-state index is 4.75. The first-order valence-corrected chi connectivity index (χ1v) is 10.3. The van der Waals surface area contributed by atoms with Crippen LogP contribution in [0.4, 0.5) is 0 Å². The summed E-state index contributed by atoms with van der Waals surface area (Å²) >= 11 is 0. The molecule has 6 unspecified atom stereocenters.